The number of ether oxygens (including phenoxy) is 1. The monoisotopic (exact) mass is 416 g/mol. The number of halogens is 1. The van der Waals surface area contributed by atoms with Gasteiger partial charge >= 0.3 is 0 Å². The van der Waals surface area contributed by atoms with Crippen LogP contribution in [0.4, 0.5) is 11.5 Å². The van der Waals surface area contributed by atoms with Crippen LogP contribution < -0.4 is 10.6 Å². The molecule has 2 amide bonds. The number of morpholine rings is 1. The summed E-state index contributed by atoms with van der Waals surface area (Å²) in [6, 6.07) is 9.24. The maximum atomic E-state index is 12.5. The Morgan fingerprint density at radius 3 is 2.76 bits per heavy atom. The molecule has 0 aliphatic carbocycles. The zero-order valence-electron chi connectivity index (χ0n) is 16.4. The van der Waals surface area contributed by atoms with Crippen molar-refractivity contribution >= 4 is 34.9 Å². The first-order valence-electron chi connectivity index (χ1n) is 9.72. The molecule has 1 saturated heterocycles. The molecule has 8 heteroatoms. The fourth-order valence-electron chi connectivity index (χ4n) is 3.03. The van der Waals surface area contributed by atoms with Crippen LogP contribution in [-0.4, -0.2) is 48.0 Å². The highest BCUT2D eigenvalue weighted by Crippen LogP contribution is 2.22. The van der Waals surface area contributed by atoms with Gasteiger partial charge in [-0.15, -0.1) is 0 Å². The second kappa shape index (κ2) is 10.2. The summed E-state index contributed by atoms with van der Waals surface area (Å²) in [6.45, 7) is 4.69. The largest absolute Gasteiger partial charge is 0.378 e. The molecule has 7 nitrogen and oxygen atoms in total. The third-order valence-electron chi connectivity index (χ3n) is 4.53. The SMILES string of the molecule is CCCC(=O)Nc1cccc(CNc2ncc(C(=O)N3CCOCC3)cc2Cl)c1. The molecule has 3 rings (SSSR count). The minimum Gasteiger partial charge on any atom is -0.378 e. The molecule has 29 heavy (non-hydrogen) atoms. The molecule has 1 fully saturated rings. The second-order valence-electron chi connectivity index (χ2n) is 6.81. The predicted octanol–water partition coefficient (Wildman–Crippen LogP) is 3.56. The fraction of sp³-hybridized carbons (Fsp3) is 0.381. The van der Waals surface area contributed by atoms with Crippen molar-refractivity contribution in [3.05, 3.63) is 52.7 Å². The van der Waals surface area contributed by atoms with Crippen LogP contribution in [0.25, 0.3) is 0 Å². The van der Waals surface area contributed by atoms with E-state index >= 15 is 0 Å². The number of hydrogen-bond donors (Lipinski definition) is 2. The van der Waals surface area contributed by atoms with Gasteiger partial charge in [0.25, 0.3) is 5.91 Å². The number of nitrogens with zero attached hydrogens (tertiary/aromatic N) is 2. The topological polar surface area (TPSA) is 83.6 Å². The van der Waals surface area contributed by atoms with Gasteiger partial charge in [-0.2, -0.15) is 0 Å². The van der Waals surface area contributed by atoms with E-state index in [0.717, 1.165) is 17.7 Å². The van der Waals surface area contributed by atoms with Crippen molar-refractivity contribution in [3.63, 3.8) is 0 Å². The lowest BCUT2D eigenvalue weighted by Gasteiger charge is -2.26. The Balaban J connectivity index is 1.61. The number of carbonyl (C=O) groups is 2. The predicted molar refractivity (Wildman–Crippen MR) is 113 cm³/mol. The third kappa shape index (κ3) is 5.92. The number of rotatable bonds is 7. The summed E-state index contributed by atoms with van der Waals surface area (Å²) in [5, 5.41) is 6.45. The maximum absolute atomic E-state index is 12.5. The lowest BCUT2D eigenvalue weighted by molar-refractivity contribution is -0.116. The van der Waals surface area contributed by atoms with Gasteiger partial charge in [-0.3, -0.25) is 9.59 Å². The van der Waals surface area contributed by atoms with E-state index in [2.05, 4.69) is 15.6 Å². The van der Waals surface area contributed by atoms with Gasteiger partial charge in [0.15, 0.2) is 0 Å². The lowest BCUT2D eigenvalue weighted by Crippen LogP contribution is -2.40. The van der Waals surface area contributed by atoms with Gasteiger partial charge in [0.05, 0.1) is 23.8 Å². The first-order chi connectivity index (χ1) is 14.1. The average Bonchev–Trinajstić information content (AvgIpc) is 2.73. The minimum absolute atomic E-state index is 0.00263. The number of anilines is 2. The van der Waals surface area contributed by atoms with Gasteiger partial charge in [-0.25, -0.2) is 4.98 Å². The number of amides is 2. The van der Waals surface area contributed by atoms with Crippen molar-refractivity contribution in [1.29, 1.82) is 0 Å². The average molecular weight is 417 g/mol. The molecule has 1 aromatic heterocycles. The molecule has 0 spiro atoms. The van der Waals surface area contributed by atoms with E-state index in [-0.39, 0.29) is 11.8 Å². The number of nitrogens with one attached hydrogen (secondary N) is 2. The Hall–Kier alpha value is -2.64. The summed E-state index contributed by atoms with van der Waals surface area (Å²) in [6.07, 6.45) is 2.84. The van der Waals surface area contributed by atoms with Gasteiger partial charge in [-0.1, -0.05) is 30.7 Å². The van der Waals surface area contributed by atoms with Gasteiger partial charge in [-0.05, 0) is 30.2 Å². The highest BCUT2D eigenvalue weighted by molar-refractivity contribution is 6.33. The van der Waals surface area contributed by atoms with Crippen LogP contribution in [0.15, 0.2) is 36.5 Å². The van der Waals surface area contributed by atoms with Crippen molar-refractivity contribution in [1.82, 2.24) is 9.88 Å². The summed E-state index contributed by atoms with van der Waals surface area (Å²) in [5.74, 6) is 0.415. The van der Waals surface area contributed by atoms with Crippen LogP contribution in [-0.2, 0) is 16.1 Å². The molecule has 0 radical (unpaired) electrons. The second-order valence-corrected chi connectivity index (χ2v) is 7.22. The van der Waals surface area contributed by atoms with Gasteiger partial charge in [0, 0.05) is 37.9 Å². The number of carbonyl (C=O) groups excluding carboxylic acids is 2. The first-order valence-corrected chi connectivity index (χ1v) is 10.1. The van der Waals surface area contributed by atoms with E-state index in [1.54, 1.807) is 11.0 Å². The molecule has 0 saturated carbocycles. The third-order valence-corrected chi connectivity index (χ3v) is 4.82. The van der Waals surface area contributed by atoms with Crippen molar-refractivity contribution in [2.75, 3.05) is 36.9 Å². The summed E-state index contributed by atoms with van der Waals surface area (Å²) in [5.41, 5.74) is 2.20. The molecule has 1 aromatic carbocycles. The molecule has 1 aliphatic heterocycles. The maximum Gasteiger partial charge on any atom is 0.255 e. The molecular weight excluding hydrogens is 392 g/mol. The minimum atomic E-state index is -0.0928. The summed E-state index contributed by atoms with van der Waals surface area (Å²) < 4.78 is 5.28. The van der Waals surface area contributed by atoms with Crippen LogP contribution in [0, 0.1) is 0 Å². The van der Waals surface area contributed by atoms with Crippen molar-refractivity contribution in [2.45, 2.75) is 26.3 Å². The molecule has 1 aliphatic rings. The van der Waals surface area contributed by atoms with Gasteiger partial charge in [0.2, 0.25) is 5.91 Å². The van der Waals surface area contributed by atoms with E-state index in [1.807, 2.05) is 31.2 Å². The van der Waals surface area contributed by atoms with E-state index in [4.69, 9.17) is 16.3 Å². The zero-order chi connectivity index (χ0) is 20.6. The highest BCUT2D eigenvalue weighted by Gasteiger charge is 2.19. The molecule has 2 heterocycles. The standard InChI is InChI=1S/C21H25ClN4O3/c1-2-4-19(27)25-17-6-3-5-15(11-17)13-23-20-18(22)12-16(14-24-20)21(28)26-7-9-29-10-8-26/h3,5-6,11-12,14H,2,4,7-10,13H2,1H3,(H,23,24)(H,25,27). The van der Waals surface area contributed by atoms with Crippen LogP contribution in [0.5, 0.6) is 0 Å². The van der Waals surface area contributed by atoms with Gasteiger partial charge in [0.1, 0.15) is 5.82 Å². The lowest BCUT2D eigenvalue weighted by atomic mass is 10.2. The Kier molecular flexibility index (Phi) is 7.43. The number of hydrogen-bond acceptors (Lipinski definition) is 5. The fourth-order valence-corrected chi connectivity index (χ4v) is 3.26. The Morgan fingerprint density at radius 2 is 2.03 bits per heavy atom. The molecule has 0 bridgehead atoms. The summed E-state index contributed by atoms with van der Waals surface area (Å²) in [4.78, 5) is 30.3. The first kappa shape index (κ1) is 21.1. The Bertz CT molecular complexity index is 869. The van der Waals surface area contributed by atoms with Crippen LogP contribution in [0.2, 0.25) is 5.02 Å². The summed E-state index contributed by atoms with van der Waals surface area (Å²) in [7, 11) is 0. The van der Waals surface area contributed by atoms with Gasteiger partial charge < -0.3 is 20.3 Å². The van der Waals surface area contributed by atoms with E-state index in [9.17, 15) is 9.59 Å². The highest BCUT2D eigenvalue weighted by atomic mass is 35.5. The molecule has 0 unspecified atom stereocenters. The van der Waals surface area contributed by atoms with Crippen LogP contribution in [0.1, 0.15) is 35.7 Å². The van der Waals surface area contributed by atoms with Crippen molar-refractivity contribution < 1.29 is 14.3 Å². The Morgan fingerprint density at radius 1 is 1.24 bits per heavy atom. The van der Waals surface area contributed by atoms with E-state index in [0.29, 0.717) is 55.7 Å². The van der Waals surface area contributed by atoms with Crippen molar-refractivity contribution in [3.8, 4) is 0 Å². The number of pyridine rings is 1. The normalized spacial score (nSPS) is 13.8. The molecular formula is C21H25ClN4O3. The van der Waals surface area contributed by atoms with Crippen LogP contribution in [0.3, 0.4) is 0 Å². The zero-order valence-corrected chi connectivity index (χ0v) is 17.2. The van der Waals surface area contributed by atoms with Crippen LogP contribution >= 0.6 is 11.6 Å². The summed E-state index contributed by atoms with van der Waals surface area (Å²) >= 11 is 6.34. The van der Waals surface area contributed by atoms with Crippen molar-refractivity contribution in [2.24, 2.45) is 0 Å². The Labute approximate surface area is 175 Å². The number of aromatic nitrogens is 1. The smallest absolute Gasteiger partial charge is 0.255 e. The quantitative estimate of drug-likeness (QED) is 0.721. The molecule has 0 atom stereocenters. The molecule has 154 valence electrons. The molecule has 2 aromatic rings. The van der Waals surface area contributed by atoms with E-state index in [1.165, 1.54) is 6.20 Å². The number of benzene rings is 1. The molecule has 2 N–H and O–H groups in total. The van der Waals surface area contributed by atoms with E-state index < -0.39 is 0 Å².